The van der Waals surface area contributed by atoms with Gasteiger partial charge in [0.2, 0.25) is 5.88 Å². The van der Waals surface area contributed by atoms with Crippen LogP contribution in [-0.2, 0) is 22.8 Å². The summed E-state index contributed by atoms with van der Waals surface area (Å²) in [5.74, 6) is 3.32. The first-order chi connectivity index (χ1) is 29.5. The Labute approximate surface area is 376 Å². The van der Waals surface area contributed by atoms with Gasteiger partial charge in [0.15, 0.2) is 0 Å². The average molecular weight is 903 g/mol. The van der Waals surface area contributed by atoms with Crippen LogP contribution in [0.15, 0.2) is 41.5 Å². The zero-order chi connectivity index (χ0) is 45.6. The minimum absolute atomic E-state index is 0.0754. The number of hydrogen-bond donors (Lipinski definition) is 3. The van der Waals surface area contributed by atoms with Crippen molar-refractivity contribution >= 4 is 16.6 Å². The van der Waals surface area contributed by atoms with E-state index in [9.17, 15) is 27.1 Å². The standard InChI is InChI=1S/C50H77F3N4O5S/c1-10-61-43(58)48(32-62-41-31-40(50(51,52)53)56(9)55-41)20-13-34(14-21-48)36-16-18-45(6)38(44(36,4)5)17-19-47(8)39(45)12-11-37-42-35(33(2)3)15-22-49(42,24-23-46(37,47)7)54-25-26-57-27-29-63(59,60)30-28-57/h13,16,31,35,37-39,42,54,59-60H,2,10-12,14-15,17-30,32H2,1,3-9H3/t35-,37+,38-,39+,42+,45-,46+,47+,48?,49-/m0/s1. The van der Waals surface area contributed by atoms with Gasteiger partial charge >= 0.3 is 12.1 Å². The second-order valence-electron chi connectivity index (χ2n) is 22.6. The van der Waals surface area contributed by atoms with Crippen LogP contribution in [0, 0.1) is 56.7 Å². The molecule has 3 N–H and O–H groups in total. The highest BCUT2D eigenvalue weighted by atomic mass is 32.3. The highest BCUT2D eigenvalue weighted by Crippen LogP contribution is 2.76. The number of aromatic nitrogens is 2. The lowest BCUT2D eigenvalue weighted by Crippen LogP contribution is -2.68. The van der Waals surface area contributed by atoms with E-state index in [0.29, 0.717) is 60.4 Å². The Morgan fingerprint density at radius 1 is 0.968 bits per heavy atom. The fraction of sp³-hybridized carbons (Fsp3) is 0.800. The second-order valence-corrected chi connectivity index (χ2v) is 25.0. The van der Waals surface area contributed by atoms with Crippen LogP contribution < -0.4 is 10.1 Å². The van der Waals surface area contributed by atoms with Gasteiger partial charge in [-0.2, -0.15) is 23.8 Å². The third-order valence-electron chi connectivity index (χ3n) is 19.3. The number of allylic oxidation sites excluding steroid dienone is 5. The van der Waals surface area contributed by atoms with Crippen molar-refractivity contribution in [1.82, 2.24) is 20.0 Å². The number of carbonyl (C=O) groups is 1. The molecule has 9 nitrogen and oxygen atoms in total. The Kier molecular flexibility index (Phi) is 12.3. The normalized spacial score (nSPS) is 40.3. The molecule has 10 atom stereocenters. The Morgan fingerprint density at radius 3 is 2.33 bits per heavy atom. The largest absolute Gasteiger partial charge is 0.475 e. The molecule has 2 heterocycles. The molecule has 8 rings (SSSR count). The molecule has 5 fully saturated rings. The Hall–Kier alpha value is -2.32. The third-order valence-corrected chi connectivity index (χ3v) is 21.0. The summed E-state index contributed by atoms with van der Waals surface area (Å²) in [4.78, 5) is 16.0. The number of hydrogen-bond acceptors (Lipinski definition) is 8. The molecule has 1 aromatic rings. The van der Waals surface area contributed by atoms with Crippen LogP contribution in [0.4, 0.5) is 13.2 Å². The van der Waals surface area contributed by atoms with E-state index in [1.54, 1.807) is 6.92 Å². The minimum atomic E-state index is -4.56. The molecule has 1 aromatic heterocycles. The number of halogens is 3. The smallest absolute Gasteiger partial charge is 0.433 e. The average Bonchev–Trinajstić information content (AvgIpc) is 3.79. The van der Waals surface area contributed by atoms with Crippen molar-refractivity contribution in [3.05, 3.63) is 47.2 Å². The first kappa shape index (κ1) is 47.2. The van der Waals surface area contributed by atoms with E-state index in [4.69, 9.17) is 9.47 Å². The van der Waals surface area contributed by atoms with Gasteiger partial charge in [-0.15, -0.1) is 5.10 Å². The number of ether oxygens (including phenoxy) is 2. The van der Waals surface area contributed by atoms with Gasteiger partial charge in [-0.3, -0.25) is 23.5 Å². The number of nitrogens with one attached hydrogen (secondary N) is 1. The zero-order valence-corrected chi connectivity index (χ0v) is 40.3. The fourth-order valence-corrected chi connectivity index (χ4v) is 17.2. The molecular formula is C50H77F3N4O5S. The first-order valence-electron chi connectivity index (χ1n) is 24.1. The number of rotatable bonds is 11. The Balaban J connectivity index is 1.00. The van der Waals surface area contributed by atoms with E-state index in [1.807, 2.05) is 0 Å². The third kappa shape index (κ3) is 7.89. The molecule has 0 bridgehead atoms. The van der Waals surface area contributed by atoms with Crippen molar-refractivity contribution in [2.75, 3.05) is 50.9 Å². The minimum Gasteiger partial charge on any atom is -0.475 e. The highest BCUT2D eigenvalue weighted by molar-refractivity contribution is 8.24. The summed E-state index contributed by atoms with van der Waals surface area (Å²) in [5, 5.41) is 8.18. The maximum absolute atomic E-state index is 13.6. The molecule has 0 radical (unpaired) electrons. The van der Waals surface area contributed by atoms with Gasteiger partial charge in [0.1, 0.15) is 17.7 Å². The molecule has 354 valence electrons. The van der Waals surface area contributed by atoms with Gasteiger partial charge in [-0.1, -0.05) is 58.9 Å². The second kappa shape index (κ2) is 16.5. The topological polar surface area (TPSA) is 109 Å². The van der Waals surface area contributed by atoms with E-state index in [2.05, 4.69) is 75.6 Å². The predicted molar refractivity (Wildman–Crippen MR) is 244 cm³/mol. The lowest BCUT2D eigenvalue weighted by atomic mass is 9.33. The van der Waals surface area contributed by atoms with Gasteiger partial charge in [0.05, 0.1) is 18.1 Å². The maximum atomic E-state index is 13.6. The summed E-state index contributed by atoms with van der Waals surface area (Å²) in [6.07, 6.45) is 12.6. The first-order valence-corrected chi connectivity index (χ1v) is 26.0. The summed E-state index contributed by atoms with van der Waals surface area (Å²) in [7, 11) is -1.16. The van der Waals surface area contributed by atoms with Gasteiger partial charge in [0, 0.05) is 44.8 Å². The summed E-state index contributed by atoms with van der Waals surface area (Å²) in [6, 6.07) is 0.894. The van der Waals surface area contributed by atoms with Crippen LogP contribution in [0.25, 0.3) is 0 Å². The van der Waals surface area contributed by atoms with Crippen molar-refractivity contribution in [3.63, 3.8) is 0 Å². The lowest BCUT2D eigenvalue weighted by molar-refractivity contribution is -0.221. The predicted octanol–water partition coefficient (Wildman–Crippen LogP) is 11.1. The van der Waals surface area contributed by atoms with Crippen LogP contribution in [0.1, 0.15) is 131 Å². The van der Waals surface area contributed by atoms with Crippen LogP contribution in [-0.4, -0.2) is 86.2 Å². The molecule has 0 amide bonds. The number of fused-ring (bicyclic) bond motifs is 7. The van der Waals surface area contributed by atoms with Crippen molar-refractivity contribution in [1.29, 1.82) is 0 Å². The van der Waals surface area contributed by atoms with Crippen LogP contribution in [0.2, 0.25) is 0 Å². The summed E-state index contributed by atoms with van der Waals surface area (Å²) in [5.41, 5.74) is 2.75. The van der Waals surface area contributed by atoms with E-state index >= 15 is 0 Å². The monoisotopic (exact) mass is 903 g/mol. The molecule has 0 spiro atoms. The molecule has 1 saturated heterocycles. The van der Waals surface area contributed by atoms with Gasteiger partial charge in [-0.05, 0) is 153 Å². The van der Waals surface area contributed by atoms with Gasteiger partial charge in [0.25, 0.3) is 0 Å². The van der Waals surface area contributed by atoms with Crippen LogP contribution >= 0.6 is 10.6 Å². The van der Waals surface area contributed by atoms with Crippen LogP contribution in [0.3, 0.4) is 0 Å². The molecule has 0 aromatic carbocycles. The van der Waals surface area contributed by atoms with Crippen molar-refractivity contribution in [3.8, 4) is 5.88 Å². The Bertz CT molecular complexity index is 1990. The number of esters is 1. The van der Waals surface area contributed by atoms with Gasteiger partial charge in [-0.25, -0.2) is 0 Å². The summed E-state index contributed by atoms with van der Waals surface area (Å²) >= 11 is 0. The van der Waals surface area contributed by atoms with E-state index < -0.39 is 27.9 Å². The molecule has 1 unspecified atom stereocenters. The molecule has 13 heteroatoms. The molecule has 1 aliphatic heterocycles. The molecular weight excluding hydrogens is 826 g/mol. The maximum Gasteiger partial charge on any atom is 0.433 e. The molecule has 6 aliphatic carbocycles. The lowest BCUT2D eigenvalue weighted by Gasteiger charge is -2.72. The molecule has 4 saturated carbocycles. The zero-order valence-electron chi connectivity index (χ0n) is 39.5. The number of alkyl halides is 3. The summed E-state index contributed by atoms with van der Waals surface area (Å²) < 4.78 is 73.2. The van der Waals surface area contributed by atoms with Crippen molar-refractivity contribution in [2.24, 2.45) is 63.7 Å². The number of nitrogens with zero attached hydrogens (tertiary/aromatic N) is 3. The Morgan fingerprint density at radius 2 is 1.70 bits per heavy atom. The van der Waals surface area contributed by atoms with Crippen LogP contribution in [0.5, 0.6) is 5.88 Å². The van der Waals surface area contributed by atoms with E-state index in [0.717, 1.165) is 43.3 Å². The van der Waals surface area contributed by atoms with Gasteiger partial charge < -0.3 is 14.8 Å². The molecule has 63 heavy (non-hydrogen) atoms. The van der Waals surface area contributed by atoms with Crippen molar-refractivity contribution in [2.45, 2.75) is 137 Å². The van der Waals surface area contributed by atoms with E-state index in [1.165, 1.54) is 75.1 Å². The highest BCUT2D eigenvalue weighted by Gasteiger charge is 2.70. The quantitative estimate of drug-likeness (QED) is 0.149. The molecule has 7 aliphatic rings. The number of aryl methyl sites for hydroxylation is 1. The summed E-state index contributed by atoms with van der Waals surface area (Å²) in [6.45, 7) is 25.1. The number of carbonyl (C=O) groups excluding carboxylic acids is 1. The van der Waals surface area contributed by atoms with E-state index in [-0.39, 0.29) is 52.3 Å². The fourth-order valence-electron chi connectivity index (χ4n) is 15.8. The SMILES string of the molecule is C=C(C)[C@@H]1CC[C@]2(NCCN3CCS(O)(O)CC3)CC[C@]3(C)[C@H](CC[C@@H]4[C@@]5(C)CC=C(C6=CCC(COc7cc(C(F)(F)F)n(C)n7)(C(=O)OCC)CC6)C(C)(C)[C@@H]5CC[C@]43C)[C@@H]12. The van der Waals surface area contributed by atoms with Crippen molar-refractivity contribution < 1.29 is 36.5 Å².